The summed E-state index contributed by atoms with van der Waals surface area (Å²) in [5.41, 5.74) is 0.918. The second-order valence-electron chi connectivity index (χ2n) is 4.07. The van der Waals surface area contributed by atoms with E-state index in [9.17, 15) is 9.18 Å². The van der Waals surface area contributed by atoms with Crippen molar-refractivity contribution in [2.75, 3.05) is 0 Å². The standard InChI is InChI=1S/C14H12ClFO/c15-14(8-6-12(16)7-9-14)13(17)10-11-4-2-1-3-5-11/h1-8H,9-10H2. The number of allylic oxidation sites excluding steroid dienone is 4. The van der Waals surface area contributed by atoms with E-state index in [1.165, 1.54) is 18.2 Å². The maximum atomic E-state index is 12.8. The van der Waals surface area contributed by atoms with Crippen LogP contribution in [0.5, 0.6) is 0 Å². The molecule has 1 aliphatic rings. The second kappa shape index (κ2) is 4.84. The lowest BCUT2D eigenvalue weighted by Crippen LogP contribution is -2.32. The van der Waals surface area contributed by atoms with Crippen LogP contribution >= 0.6 is 11.6 Å². The first-order valence-corrected chi connectivity index (χ1v) is 5.79. The van der Waals surface area contributed by atoms with E-state index < -0.39 is 4.87 Å². The van der Waals surface area contributed by atoms with Crippen molar-refractivity contribution in [1.82, 2.24) is 0 Å². The van der Waals surface area contributed by atoms with Gasteiger partial charge in [0.2, 0.25) is 0 Å². The number of carbonyl (C=O) groups is 1. The molecule has 0 spiro atoms. The molecule has 0 fully saturated rings. The van der Waals surface area contributed by atoms with E-state index in [-0.39, 0.29) is 24.5 Å². The third kappa shape index (κ3) is 2.83. The van der Waals surface area contributed by atoms with E-state index in [1.807, 2.05) is 30.3 Å². The Bertz CT molecular complexity index is 478. The normalized spacial score (nSPS) is 23.3. The molecule has 0 N–H and O–H groups in total. The van der Waals surface area contributed by atoms with Crippen LogP contribution in [-0.2, 0) is 11.2 Å². The van der Waals surface area contributed by atoms with Crippen LogP contribution in [-0.4, -0.2) is 10.7 Å². The van der Waals surface area contributed by atoms with Gasteiger partial charge in [-0.15, -0.1) is 11.6 Å². The summed E-state index contributed by atoms with van der Waals surface area (Å²) in [7, 11) is 0. The fourth-order valence-electron chi connectivity index (χ4n) is 1.73. The van der Waals surface area contributed by atoms with E-state index in [0.717, 1.165) is 5.56 Å². The average molecular weight is 251 g/mol. The van der Waals surface area contributed by atoms with Crippen LogP contribution in [0.4, 0.5) is 4.39 Å². The Labute approximate surface area is 105 Å². The SMILES string of the molecule is O=C(Cc1ccccc1)C1(Cl)C=CC(F)=CC1. The van der Waals surface area contributed by atoms with Gasteiger partial charge >= 0.3 is 0 Å². The lowest BCUT2D eigenvalue weighted by Gasteiger charge is -2.22. The molecule has 2 rings (SSSR count). The first-order valence-electron chi connectivity index (χ1n) is 5.41. The fraction of sp³-hybridized carbons (Fsp3) is 0.214. The highest BCUT2D eigenvalue weighted by molar-refractivity contribution is 6.37. The zero-order valence-corrected chi connectivity index (χ0v) is 9.95. The predicted octanol–water partition coefficient (Wildman–Crippen LogP) is 3.59. The summed E-state index contributed by atoms with van der Waals surface area (Å²) >= 11 is 6.19. The Morgan fingerprint density at radius 1 is 1.35 bits per heavy atom. The van der Waals surface area contributed by atoms with Crippen LogP contribution in [0.15, 0.2) is 54.4 Å². The van der Waals surface area contributed by atoms with Crippen molar-refractivity contribution in [3.8, 4) is 0 Å². The zero-order valence-electron chi connectivity index (χ0n) is 9.20. The molecule has 0 heterocycles. The Morgan fingerprint density at radius 2 is 2.06 bits per heavy atom. The molecular weight excluding hydrogens is 239 g/mol. The van der Waals surface area contributed by atoms with Gasteiger partial charge in [-0.25, -0.2) is 4.39 Å². The number of hydrogen-bond acceptors (Lipinski definition) is 1. The smallest absolute Gasteiger partial charge is 0.162 e. The van der Waals surface area contributed by atoms with Gasteiger partial charge < -0.3 is 0 Å². The highest BCUT2D eigenvalue weighted by Crippen LogP contribution is 2.30. The van der Waals surface area contributed by atoms with Crippen molar-refractivity contribution in [3.05, 3.63) is 60.0 Å². The van der Waals surface area contributed by atoms with Crippen LogP contribution in [0.3, 0.4) is 0 Å². The van der Waals surface area contributed by atoms with Crippen LogP contribution in [0.1, 0.15) is 12.0 Å². The van der Waals surface area contributed by atoms with Gasteiger partial charge in [0.15, 0.2) is 5.78 Å². The summed E-state index contributed by atoms with van der Waals surface area (Å²) in [4.78, 5) is 11.0. The van der Waals surface area contributed by atoms with Gasteiger partial charge in [0.05, 0.1) is 0 Å². The predicted molar refractivity (Wildman–Crippen MR) is 66.7 cm³/mol. The molecule has 0 aliphatic heterocycles. The minimum absolute atomic E-state index is 0.106. The average Bonchev–Trinajstić information content (AvgIpc) is 2.34. The van der Waals surface area contributed by atoms with Gasteiger partial charge in [-0.05, 0) is 24.1 Å². The van der Waals surface area contributed by atoms with Crippen molar-refractivity contribution in [2.45, 2.75) is 17.7 Å². The molecule has 3 heteroatoms. The van der Waals surface area contributed by atoms with Gasteiger partial charge in [0, 0.05) is 6.42 Å². The summed E-state index contributed by atoms with van der Waals surface area (Å²) in [5, 5.41) is 0. The van der Waals surface area contributed by atoms with Gasteiger partial charge in [0.1, 0.15) is 10.7 Å². The van der Waals surface area contributed by atoms with E-state index in [4.69, 9.17) is 11.6 Å². The molecular formula is C14H12ClFO. The van der Waals surface area contributed by atoms with E-state index in [1.54, 1.807) is 0 Å². The number of hydrogen-bond donors (Lipinski definition) is 0. The molecule has 0 saturated carbocycles. The monoisotopic (exact) mass is 250 g/mol. The Balaban J connectivity index is 2.09. The van der Waals surface area contributed by atoms with E-state index in [2.05, 4.69) is 0 Å². The third-order valence-electron chi connectivity index (χ3n) is 2.77. The van der Waals surface area contributed by atoms with Crippen molar-refractivity contribution in [2.24, 2.45) is 0 Å². The van der Waals surface area contributed by atoms with Crippen molar-refractivity contribution in [3.63, 3.8) is 0 Å². The lowest BCUT2D eigenvalue weighted by atomic mass is 9.91. The summed E-state index contributed by atoms with van der Waals surface area (Å²) in [6.07, 6.45) is 4.51. The Morgan fingerprint density at radius 3 is 2.65 bits per heavy atom. The Kier molecular flexibility index (Phi) is 3.43. The maximum Gasteiger partial charge on any atom is 0.162 e. The topological polar surface area (TPSA) is 17.1 Å². The van der Waals surface area contributed by atoms with E-state index in [0.29, 0.717) is 0 Å². The van der Waals surface area contributed by atoms with Crippen LogP contribution < -0.4 is 0 Å². The van der Waals surface area contributed by atoms with Crippen molar-refractivity contribution in [1.29, 1.82) is 0 Å². The number of halogens is 2. The first-order chi connectivity index (χ1) is 8.10. The molecule has 0 radical (unpaired) electrons. The summed E-state index contributed by atoms with van der Waals surface area (Å²) < 4.78 is 12.8. The molecule has 88 valence electrons. The molecule has 0 saturated heterocycles. The maximum absolute atomic E-state index is 12.8. The minimum Gasteiger partial charge on any atom is -0.297 e. The molecule has 1 aromatic carbocycles. The van der Waals surface area contributed by atoms with Gasteiger partial charge in [-0.2, -0.15) is 0 Å². The molecule has 1 unspecified atom stereocenters. The third-order valence-corrected chi connectivity index (χ3v) is 3.26. The lowest BCUT2D eigenvalue weighted by molar-refractivity contribution is -0.119. The van der Waals surface area contributed by atoms with Gasteiger partial charge in [-0.1, -0.05) is 36.4 Å². The second-order valence-corrected chi connectivity index (χ2v) is 4.75. The molecule has 17 heavy (non-hydrogen) atoms. The number of rotatable bonds is 3. The van der Waals surface area contributed by atoms with Crippen molar-refractivity contribution >= 4 is 17.4 Å². The van der Waals surface area contributed by atoms with Crippen LogP contribution in [0.2, 0.25) is 0 Å². The van der Waals surface area contributed by atoms with E-state index >= 15 is 0 Å². The minimum atomic E-state index is -1.09. The quantitative estimate of drug-likeness (QED) is 0.750. The van der Waals surface area contributed by atoms with Crippen molar-refractivity contribution < 1.29 is 9.18 Å². The largest absolute Gasteiger partial charge is 0.297 e. The highest BCUT2D eigenvalue weighted by atomic mass is 35.5. The van der Waals surface area contributed by atoms with Crippen LogP contribution in [0.25, 0.3) is 0 Å². The number of ketones is 1. The van der Waals surface area contributed by atoms with Gasteiger partial charge in [0.25, 0.3) is 0 Å². The van der Waals surface area contributed by atoms with Crippen LogP contribution in [0, 0.1) is 0 Å². The molecule has 0 bridgehead atoms. The number of Topliss-reactive ketones (excluding diaryl/α,β-unsaturated/α-hetero) is 1. The molecule has 0 amide bonds. The van der Waals surface area contributed by atoms with Gasteiger partial charge in [-0.3, -0.25) is 4.79 Å². The molecule has 1 aliphatic carbocycles. The molecule has 1 atom stereocenters. The molecule has 0 aromatic heterocycles. The number of benzene rings is 1. The zero-order chi connectivity index (χ0) is 12.3. The summed E-state index contributed by atoms with van der Waals surface area (Å²) in [5.74, 6) is -0.445. The molecule has 1 aromatic rings. The number of alkyl halides is 1. The summed E-state index contributed by atoms with van der Waals surface area (Å²) in [6.45, 7) is 0. The first kappa shape index (κ1) is 12.1. The molecule has 1 nitrogen and oxygen atoms in total. The Hall–Kier alpha value is -1.41. The highest BCUT2D eigenvalue weighted by Gasteiger charge is 2.33. The summed E-state index contributed by atoms with van der Waals surface area (Å²) in [6, 6.07) is 9.39. The fourth-order valence-corrected chi connectivity index (χ4v) is 1.94. The number of carbonyl (C=O) groups excluding carboxylic acids is 1.